The number of hydrogen-bond donors (Lipinski definition) is 0. The Bertz CT molecular complexity index is 1980. The smallest absolute Gasteiger partial charge is 0.142 e. The normalized spacial score (nSPS) is 11.7. The molecule has 0 radical (unpaired) electrons. The summed E-state index contributed by atoms with van der Waals surface area (Å²) in [6, 6.07) is 38.6. The highest BCUT2D eigenvalue weighted by atomic mass is 16.3. The predicted octanol–water partition coefficient (Wildman–Crippen LogP) is 10.6. The molecule has 0 bridgehead atoms. The Labute approximate surface area is 228 Å². The van der Waals surface area contributed by atoms with Crippen LogP contribution in [0.4, 0.5) is 0 Å². The Balaban J connectivity index is 1.50. The van der Waals surface area contributed by atoms with Gasteiger partial charge in [0.1, 0.15) is 11.3 Å². The average molecular weight is 504 g/mol. The number of hydrogen-bond acceptors (Lipinski definition) is 2. The molecule has 0 N–H and O–H groups in total. The molecule has 0 spiro atoms. The molecule has 2 heteroatoms. The maximum atomic E-state index is 6.50. The van der Waals surface area contributed by atoms with Crippen LogP contribution in [0.25, 0.3) is 66.2 Å². The molecule has 0 amide bonds. The molecule has 0 saturated heterocycles. The molecule has 2 nitrogen and oxygen atoms in total. The van der Waals surface area contributed by atoms with E-state index in [1.165, 1.54) is 27.3 Å². The number of fused-ring (bicyclic) bond motifs is 4. The summed E-state index contributed by atoms with van der Waals surface area (Å²) in [6.45, 7) is 6.77. The van der Waals surface area contributed by atoms with E-state index in [0.29, 0.717) is 5.92 Å². The Kier molecular flexibility index (Phi) is 5.56. The molecule has 0 aliphatic rings. The second kappa shape index (κ2) is 9.25. The van der Waals surface area contributed by atoms with Gasteiger partial charge in [-0.1, -0.05) is 98.8 Å². The van der Waals surface area contributed by atoms with Crippen molar-refractivity contribution < 1.29 is 4.42 Å². The zero-order valence-electron chi connectivity index (χ0n) is 22.4. The van der Waals surface area contributed by atoms with Gasteiger partial charge in [-0.25, -0.2) is 0 Å². The van der Waals surface area contributed by atoms with Gasteiger partial charge in [0.25, 0.3) is 0 Å². The standard InChI is InChI=1S/C37H29NO/c1-23(2)35-24(3)14-15-29-30-18-19-38-36(32(30)17-16-31(29)35)27-20-28-22-34(26-12-8-5-9-13-26)39-37(28)33(21-27)25-10-6-4-7-11-25/h4-23H,1-3H3. The van der Waals surface area contributed by atoms with Gasteiger partial charge in [-0.3, -0.25) is 4.98 Å². The van der Waals surface area contributed by atoms with Gasteiger partial charge in [-0.15, -0.1) is 0 Å². The van der Waals surface area contributed by atoms with Crippen molar-refractivity contribution in [2.24, 2.45) is 0 Å². The molecule has 7 aromatic rings. The van der Waals surface area contributed by atoms with Gasteiger partial charge in [-0.05, 0) is 70.0 Å². The number of rotatable bonds is 4. The highest BCUT2D eigenvalue weighted by Crippen LogP contribution is 2.41. The second-order valence-corrected chi connectivity index (χ2v) is 10.7. The molecule has 2 heterocycles. The lowest BCUT2D eigenvalue weighted by Gasteiger charge is -2.16. The Hall–Kier alpha value is -4.69. The quantitative estimate of drug-likeness (QED) is 0.223. The van der Waals surface area contributed by atoms with Crippen LogP contribution < -0.4 is 0 Å². The maximum Gasteiger partial charge on any atom is 0.142 e. The van der Waals surface area contributed by atoms with E-state index in [0.717, 1.165) is 50.1 Å². The third kappa shape index (κ3) is 3.92. The third-order valence-electron chi connectivity index (χ3n) is 7.81. The number of aromatic nitrogens is 1. The van der Waals surface area contributed by atoms with E-state index in [1.807, 2.05) is 30.5 Å². The van der Waals surface area contributed by atoms with Crippen LogP contribution in [0.5, 0.6) is 0 Å². The first-order chi connectivity index (χ1) is 19.1. The van der Waals surface area contributed by atoms with Gasteiger partial charge in [0.15, 0.2) is 0 Å². The summed E-state index contributed by atoms with van der Waals surface area (Å²) < 4.78 is 6.50. The molecule has 7 rings (SSSR count). The van der Waals surface area contributed by atoms with E-state index in [9.17, 15) is 0 Å². The van der Waals surface area contributed by atoms with Crippen molar-refractivity contribution in [1.82, 2.24) is 4.98 Å². The topological polar surface area (TPSA) is 26.0 Å². The Morgan fingerprint density at radius 3 is 2.03 bits per heavy atom. The maximum absolute atomic E-state index is 6.50. The fraction of sp³-hybridized carbons (Fsp3) is 0.108. The van der Waals surface area contributed by atoms with Crippen LogP contribution in [0, 0.1) is 6.92 Å². The SMILES string of the molecule is Cc1ccc2c(ccc3c(-c4cc(-c5ccccc5)c5oc(-c6ccccc6)cc5c4)nccc32)c1C(C)C. The number of benzene rings is 5. The van der Waals surface area contributed by atoms with Gasteiger partial charge >= 0.3 is 0 Å². The number of aryl methyl sites for hydroxylation is 1. The van der Waals surface area contributed by atoms with Crippen molar-refractivity contribution in [3.8, 4) is 33.7 Å². The summed E-state index contributed by atoms with van der Waals surface area (Å²) in [7, 11) is 0. The molecule has 0 fully saturated rings. The van der Waals surface area contributed by atoms with Crippen LogP contribution in [-0.4, -0.2) is 4.98 Å². The summed E-state index contributed by atoms with van der Waals surface area (Å²) in [4.78, 5) is 4.93. The molecule has 0 aliphatic heterocycles. The Morgan fingerprint density at radius 1 is 0.615 bits per heavy atom. The molecule has 39 heavy (non-hydrogen) atoms. The minimum Gasteiger partial charge on any atom is -0.455 e. The van der Waals surface area contributed by atoms with E-state index in [-0.39, 0.29) is 0 Å². The number of furan rings is 1. The van der Waals surface area contributed by atoms with Gasteiger partial charge in [-0.2, -0.15) is 0 Å². The lowest BCUT2D eigenvalue weighted by molar-refractivity contribution is 0.632. The van der Waals surface area contributed by atoms with E-state index < -0.39 is 0 Å². The van der Waals surface area contributed by atoms with E-state index in [4.69, 9.17) is 9.40 Å². The lowest BCUT2D eigenvalue weighted by Crippen LogP contribution is -1.95. The van der Waals surface area contributed by atoms with Crippen LogP contribution in [0.1, 0.15) is 30.9 Å². The van der Waals surface area contributed by atoms with Gasteiger partial charge in [0, 0.05) is 33.7 Å². The monoisotopic (exact) mass is 503 g/mol. The second-order valence-electron chi connectivity index (χ2n) is 10.7. The zero-order valence-corrected chi connectivity index (χ0v) is 22.4. The largest absolute Gasteiger partial charge is 0.455 e. The molecule has 5 aromatic carbocycles. The van der Waals surface area contributed by atoms with Crippen molar-refractivity contribution in [2.45, 2.75) is 26.7 Å². The molecule has 188 valence electrons. The van der Waals surface area contributed by atoms with Crippen LogP contribution in [0.3, 0.4) is 0 Å². The molecule has 0 unspecified atom stereocenters. The van der Waals surface area contributed by atoms with Crippen molar-refractivity contribution >= 4 is 32.5 Å². The molecule has 0 atom stereocenters. The fourth-order valence-electron chi connectivity index (χ4n) is 6.07. The highest BCUT2D eigenvalue weighted by molar-refractivity contribution is 6.13. The van der Waals surface area contributed by atoms with Crippen molar-refractivity contribution in [3.05, 3.63) is 127 Å². The highest BCUT2D eigenvalue weighted by Gasteiger charge is 2.17. The number of nitrogens with zero attached hydrogens (tertiary/aromatic N) is 1. The minimum atomic E-state index is 0.461. The summed E-state index contributed by atoms with van der Waals surface area (Å²) in [6.07, 6.45) is 1.95. The summed E-state index contributed by atoms with van der Waals surface area (Å²) in [5.41, 5.74) is 9.01. The first kappa shape index (κ1) is 23.4. The van der Waals surface area contributed by atoms with Crippen LogP contribution >= 0.6 is 0 Å². The van der Waals surface area contributed by atoms with Crippen molar-refractivity contribution in [3.63, 3.8) is 0 Å². The average Bonchev–Trinajstić information content (AvgIpc) is 3.41. The van der Waals surface area contributed by atoms with Gasteiger partial charge < -0.3 is 4.42 Å². The summed E-state index contributed by atoms with van der Waals surface area (Å²) in [5, 5.41) is 6.08. The first-order valence-corrected chi connectivity index (χ1v) is 13.6. The molecular weight excluding hydrogens is 474 g/mol. The molecule has 2 aromatic heterocycles. The van der Waals surface area contributed by atoms with Gasteiger partial charge in [0.2, 0.25) is 0 Å². The lowest BCUT2D eigenvalue weighted by atomic mass is 9.89. The zero-order chi connectivity index (χ0) is 26.5. The molecule has 0 saturated carbocycles. The van der Waals surface area contributed by atoms with E-state index >= 15 is 0 Å². The van der Waals surface area contributed by atoms with E-state index in [1.54, 1.807) is 0 Å². The van der Waals surface area contributed by atoms with Gasteiger partial charge in [0.05, 0.1) is 5.69 Å². The summed E-state index contributed by atoms with van der Waals surface area (Å²) >= 11 is 0. The minimum absolute atomic E-state index is 0.461. The Morgan fingerprint density at radius 2 is 1.28 bits per heavy atom. The van der Waals surface area contributed by atoms with Crippen LogP contribution in [0.2, 0.25) is 0 Å². The third-order valence-corrected chi connectivity index (χ3v) is 7.81. The fourth-order valence-corrected chi connectivity index (χ4v) is 6.07. The first-order valence-electron chi connectivity index (χ1n) is 13.6. The van der Waals surface area contributed by atoms with Crippen LogP contribution in [0.15, 0.2) is 120 Å². The van der Waals surface area contributed by atoms with Crippen molar-refractivity contribution in [1.29, 1.82) is 0 Å². The summed E-state index contributed by atoms with van der Waals surface area (Å²) in [5.74, 6) is 1.33. The van der Waals surface area contributed by atoms with Crippen LogP contribution in [-0.2, 0) is 0 Å². The predicted molar refractivity (Wildman–Crippen MR) is 164 cm³/mol. The molecular formula is C37H29NO. The number of pyridine rings is 1. The van der Waals surface area contributed by atoms with E-state index in [2.05, 4.69) is 106 Å². The van der Waals surface area contributed by atoms with Crippen molar-refractivity contribution in [2.75, 3.05) is 0 Å². The molecule has 0 aliphatic carbocycles.